The molecule has 2 fully saturated rings. The maximum Gasteiger partial charge on any atom is 0.534 e. The van der Waals surface area contributed by atoms with Gasteiger partial charge in [0.1, 0.15) is 16.7 Å². The molecule has 0 aliphatic carbocycles. The van der Waals surface area contributed by atoms with Gasteiger partial charge in [-0.05, 0) is 77.0 Å². The molecular formula is C76H71F6IN12O20S4. The monoisotopic (exact) mass is 1840 g/mol. The molecule has 6 aromatic carbocycles. The van der Waals surface area contributed by atoms with Crippen LogP contribution in [0.5, 0.6) is 0 Å². The standard InChI is InChI=1S/C38H35F3N6O10S2.C32H25F3N6O8S2.C6H11IO2/c1-36(2,3)34(51)55-21-54-33(50)29-26(56-59(52,53)38(39,40)41)20-19-25-27(32(49)47(25)29)43-31(48)28(30-44-35(42)58-46-30)45-57-37(22-13-7-4-8-14-22,23-15-9-5-10-16-23)24-17-11-6-12-18-24;33-32(34,35)51(46,47)48-22-17-16-21-23(28(43)41(21)25(22)29(44)45)37-27(42)24(26-38-30(36)50-40-26)39-49-31(18-10-4-1-5-11-18,19-12-6-2-7-13-19)20-14-8-3-9-15-20;1-6(2,3)5(8)9-4-7/h4-18,25,27H,19-21H2,1-3H3,(H,43,48)(H2,42,44,46);1-15,21,23H,16-17H2,(H,37,42)(H,44,45)(H2,36,38,40);4H2,1-3H3/b45-28-;39-24-;/t25-,27+;21-,23+;/m11./s1. The highest BCUT2D eigenvalue weighted by Gasteiger charge is 2.59. The summed E-state index contributed by atoms with van der Waals surface area (Å²) in [6, 6.07) is 49.0. The van der Waals surface area contributed by atoms with Crippen molar-refractivity contribution in [1.29, 1.82) is 0 Å². The molecule has 32 nitrogen and oxygen atoms in total. The molecule has 2 aromatic heterocycles. The number of fused-ring (bicyclic) bond motifs is 2. The Hall–Kier alpha value is -12.0. The van der Waals surface area contributed by atoms with Gasteiger partial charge in [-0.25, -0.2) is 9.59 Å². The highest BCUT2D eigenvalue weighted by molar-refractivity contribution is 14.1. The van der Waals surface area contributed by atoms with E-state index in [2.05, 4.69) is 48.0 Å². The van der Waals surface area contributed by atoms with Crippen molar-refractivity contribution in [3.63, 3.8) is 0 Å². The molecule has 4 atom stereocenters. The fourth-order valence-electron chi connectivity index (χ4n) is 12.3. The summed E-state index contributed by atoms with van der Waals surface area (Å²) in [7, 11) is -12.5. The third-order valence-electron chi connectivity index (χ3n) is 17.9. The molecule has 2 saturated heterocycles. The summed E-state index contributed by atoms with van der Waals surface area (Å²) in [5.74, 6) is -11.3. The first-order valence-corrected chi connectivity index (χ1v) is 41.1. The third-order valence-corrected chi connectivity index (χ3v) is 21.3. The molecule has 4 amide bonds. The van der Waals surface area contributed by atoms with Crippen molar-refractivity contribution >= 4 is 135 Å². The van der Waals surface area contributed by atoms with Gasteiger partial charge in [-0.2, -0.15) is 61.9 Å². The van der Waals surface area contributed by atoms with Crippen LogP contribution in [0.4, 0.5) is 36.6 Å². The van der Waals surface area contributed by atoms with Crippen LogP contribution in [-0.2, 0) is 102 Å². The predicted octanol–water partition coefficient (Wildman–Crippen LogP) is 9.94. The third kappa shape index (κ3) is 19.8. The summed E-state index contributed by atoms with van der Waals surface area (Å²) in [4.78, 5) is 126. The number of aliphatic carboxylic acids is 1. The Kier molecular flexibility index (Phi) is 27.4. The molecule has 0 radical (unpaired) electrons. The van der Waals surface area contributed by atoms with E-state index in [0.717, 1.165) is 23.1 Å². The first kappa shape index (κ1) is 89.4. The molecule has 0 unspecified atom stereocenters. The van der Waals surface area contributed by atoms with E-state index in [-0.39, 0.29) is 46.1 Å². The van der Waals surface area contributed by atoms with Crippen LogP contribution in [0.1, 0.15) is 112 Å². The van der Waals surface area contributed by atoms with Crippen LogP contribution in [0.15, 0.2) is 215 Å². The number of carbonyl (C=O) groups is 8. The molecule has 0 saturated carbocycles. The fraction of sp³-hybridized carbons (Fsp3) is 0.289. The Morgan fingerprint density at radius 1 is 0.504 bits per heavy atom. The Labute approximate surface area is 696 Å². The van der Waals surface area contributed by atoms with Crippen LogP contribution >= 0.6 is 45.7 Å². The number of halogens is 7. The molecule has 0 bridgehead atoms. The van der Waals surface area contributed by atoms with Gasteiger partial charge in [-0.3, -0.25) is 38.6 Å². The van der Waals surface area contributed by atoms with E-state index < -0.39 is 168 Å². The van der Waals surface area contributed by atoms with E-state index in [1.54, 1.807) is 72.8 Å². The number of rotatable bonds is 25. The molecule has 7 N–H and O–H groups in total. The lowest BCUT2D eigenvalue weighted by Gasteiger charge is -2.49. The molecule has 12 rings (SSSR count). The van der Waals surface area contributed by atoms with Crippen molar-refractivity contribution in [2.45, 2.75) is 114 Å². The van der Waals surface area contributed by atoms with Gasteiger partial charge in [0.15, 0.2) is 33.2 Å². The second kappa shape index (κ2) is 36.5. The molecule has 43 heteroatoms. The number of hydrogen-bond donors (Lipinski definition) is 5. The summed E-state index contributed by atoms with van der Waals surface area (Å²) in [6.45, 7) is 8.97. The topological polar surface area (TPSA) is 449 Å². The van der Waals surface area contributed by atoms with Crippen LogP contribution in [0, 0.1) is 10.8 Å². The van der Waals surface area contributed by atoms with Gasteiger partial charge in [0, 0.05) is 69.3 Å². The number of anilines is 2. The number of alkyl halides is 7. The minimum absolute atomic E-state index is 0.0262. The SMILES string of the molecule is CC(C)(C)C(=O)OCI.CC(C)(C)C(=O)OCOC(=O)C1=C(OS(=O)(=O)C(F)(F)F)CC[C@@H]2[C@H](NC(=O)/C(=N\OC(c3ccccc3)(c3ccccc3)c3ccccc3)c3nsc(N)n3)C(=O)N12.Nc1nc(/C(=N/OC(c2ccccc2)(c2ccccc2)c2ccccc2)C(=O)N[C@@H]2C(=O)N3C(C(=O)O)=C(OS(=O)(=O)C(F)(F)F)CC[C@H]23)ns1. The Balaban J connectivity index is 0.000000228. The highest BCUT2D eigenvalue weighted by atomic mass is 127. The van der Waals surface area contributed by atoms with Crippen molar-refractivity contribution in [3.8, 4) is 0 Å². The lowest BCUT2D eigenvalue weighted by atomic mass is 9.80. The van der Waals surface area contributed by atoms with Gasteiger partial charge in [0.05, 0.1) is 22.9 Å². The molecule has 4 aliphatic rings. The first-order valence-electron chi connectivity index (χ1n) is 35.2. The summed E-state index contributed by atoms with van der Waals surface area (Å²) < 4.78 is 158. The van der Waals surface area contributed by atoms with Crippen LogP contribution in [0.25, 0.3) is 0 Å². The maximum atomic E-state index is 14.2. The zero-order valence-electron chi connectivity index (χ0n) is 63.1. The van der Waals surface area contributed by atoms with E-state index in [1.807, 2.05) is 153 Å². The van der Waals surface area contributed by atoms with Crippen molar-refractivity contribution < 1.29 is 119 Å². The number of allylic oxidation sites excluding steroid dienone is 2. The van der Waals surface area contributed by atoms with Crippen LogP contribution in [0.2, 0.25) is 0 Å². The normalized spacial score (nSPS) is 17.2. The molecule has 119 heavy (non-hydrogen) atoms. The predicted molar refractivity (Wildman–Crippen MR) is 421 cm³/mol. The second-order valence-electron chi connectivity index (χ2n) is 27.9. The smallest absolute Gasteiger partial charge is 0.476 e. The zero-order chi connectivity index (χ0) is 86.8. The van der Waals surface area contributed by atoms with Gasteiger partial charge in [-0.1, -0.05) is 192 Å². The van der Waals surface area contributed by atoms with E-state index in [0.29, 0.717) is 47.8 Å². The van der Waals surface area contributed by atoms with Crippen molar-refractivity contribution in [1.82, 2.24) is 39.1 Å². The number of esters is 3. The summed E-state index contributed by atoms with van der Waals surface area (Å²) in [6.07, 6.45) is -1.80. The number of benzene rings is 6. The maximum absolute atomic E-state index is 14.2. The number of ether oxygens (including phenoxy) is 3. The van der Waals surface area contributed by atoms with Gasteiger partial charge < -0.3 is 59.5 Å². The molecule has 0 spiro atoms. The number of carbonyl (C=O) groups excluding carboxylic acids is 7. The Bertz CT molecular complexity index is 5280. The number of hydrogen-bond acceptors (Lipinski definition) is 29. The van der Waals surface area contributed by atoms with Crippen molar-refractivity contribution in [2.75, 3.05) is 22.9 Å². The van der Waals surface area contributed by atoms with Crippen LogP contribution < -0.4 is 22.1 Å². The number of carboxylic acid groups (broad SMARTS) is 1. The lowest BCUT2D eigenvalue weighted by Crippen LogP contribution is -2.72. The zero-order valence-corrected chi connectivity index (χ0v) is 68.5. The first-order chi connectivity index (χ1) is 56.1. The molecular weight excluding hydrogens is 1770 g/mol. The minimum atomic E-state index is -6.31. The fourth-order valence-corrected chi connectivity index (χ4v) is 14.5. The van der Waals surface area contributed by atoms with E-state index in [4.69, 9.17) is 35.4 Å². The van der Waals surface area contributed by atoms with E-state index in [1.165, 1.54) is 20.8 Å². The number of nitrogens with two attached hydrogens (primary N) is 2. The summed E-state index contributed by atoms with van der Waals surface area (Å²) in [5.41, 5.74) is -3.77. The quantitative estimate of drug-likeness (QED) is 0.00303. The van der Waals surface area contributed by atoms with Gasteiger partial charge in [-0.15, -0.1) is 0 Å². The Morgan fingerprint density at radius 2 is 0.807 bits per heavy atom. The number of nitrogens with one attached hydrogen (secondary N) is 2. The van der Waals surface area contributed by atoms with E-state index >= 15 is 0 Å². The van der Waals surface area contributed by atoms with Crippen LogP contribution in [-0.4, -0.2) is 156 Å². The minimum Gasteiger partial charge on any atom is -0.476 e. The largest absolute Gasteiger partial charge is 0.534 e. The van der Waals surface area contributed by atoms with Gasteiger partial charge in [0.2, 0.25) is 41.1 Å². The number of carboxylic acids is 1. The number of amides is 4. The number of oxime groups is 2. The number of nitrogens with zero attached hydrogens (tertiary/aromatic N) is 8. The van der Waals surface area contributed by atoms with Crippen LogP contribution in [0.3, 0.4) is 0 Å². The van der Waals surface area contributed by atoms with Gasteiger partial charge in [0.25, 0.3) is 23.6 Å². The Morgan fingerprint density at radius 3 is 1.08 bits per heavy atom. The molecule has 8 aromatic rings. The lowest BCUT2D eigenvalue weighted by molar-refractivity contribution is -0.174. The van der Waals surface area contributed by atoms with E-state index in [9.17, 15) is 86.6 Å². The summed E-state index contributed by atoms with van der Waals surface area (Å²) in [5, 5.41) is 23.2. The number of aromatic nitrogens is 4. The highest BCUT2D eigenvalue weighted by Crippen LogP contribution is 2.46. The molecule has 4 aliphatic heterocycles. The second-order valence-corrected chi connectivity index (χ2v) is 33.2. The van der Waals surface area contributed by atoms with Crippen molar-refractivity contribution in [3.05, 3.63) is 250 Å². The molecule has 628 valence electrons. The van der Waals surface area contributed by atoms with Gasteiger partial charge >= 0.3 is 55.1 Å². The van der Waals surface area contributed by atoms with Crippen molar-refractivity contribution in [2.24, 2.45) is 21.1 Å². The average Bonchev–Trinajstić information content (AvgIpc) is 0.919. The molecule has 6 heterocycles. The average molecular weight is 1840 g/mol. The summed E-state index contributed by atoms with van der Waals surface area (Å²) >= 11 is 3.49. The number of nitrogen functional groups attached to an aromatic ring is 2. The number of β-lactam (4-membered cyclic amide) rings is 2.